The Morgan fingerprint density at radius 1 is 1.17 bits per heavy atom. The van der Waals surface area contributed by atoms with Crippen LogP contribution >= 0.6 is 0 Å². The fourth-order valence-corrected chi connectivity index (χ4v) is 4.52. The van der Waals surface area contributed by atoms with E-state index in [-0.39, 0.29) is 18.0 Å². The smallest absolute Gasteiger partial charge is 0.255 e. The Hall–Kier alpha value is -2.89. The average Bonchev–Trinajstić information content (AvgIpc) is 3.33. The van der Waals surface area contributed by atoms with Crippen molar-refractivity contribution < 1.29 is 9.53 Å². The van der Waals surface area contributed by atoms with Gasteiger partial charge in [0.15, 0.2) is 5.65 Å². The Kier molecular flexibility index (Phi) is 4.72. The number of carbonyl (C=O) groups is 1. The van der Waals surface area contributed by atoms with E-state index in [4.69, 9.17) is 9.72 Å². The molecule has 1 saturated carbocycles. The third-order valence-corrected chi connectivity index (χ3v) is 6.32. The molecule has 30 heavy (non-hydrogen) atoms. The van der Waals surface area contributed by atoms with Gasteiger partial charge in [0.05, 0.1) is 30.3 Å². The van der Waals surface area contributed by atoms with Crippen molar-refractivity contribution in [2.75, 3.05) is 13.7 Å². The van der Waals surface area contributed by atoms with Crippen molar-refractivity contribution >= 4 is 16.9 Å². The van der Waals surface area contributed by atoms with Gasteiger partial charge in [-0.1, -0.05) is 12.1 Å². The summed E-state index contributed by atoms with van der Waals surface area (Å²) in [6.45, 7) is 4.97. The van der Waals surface area contributed by atoms with E-state index in [2.05, 4.69) is 31.1 Å². The molecule has 1 aliphatic heterocycles. The number of rotatable bonds is 5. The second kappa shape index (κ2) is 7.42. The van der Waals surface area contributed by atoms with Gasteiger partial charge in [0.25, 0.3) is 5.91 Å². The Morgan fingerprint density at radius 3 is 2.60 bits per heavy atom. The van der Waals surface area contributed by atoms with Gasteiger partial charge in [-0.25, -0.2) is 9.67 Å². The summed E-state index contributed by atoms with van der Waals surface area (Å²) < 4.78 is 7.22. The molecule has 5 rings (SSSR count). The van der Waals surface area contributed by atoms with E-state index >= 15 is 0 Å². The maximum Gasteiger partial charge on any atom is 0.255 e. The molecule has 3 aromatic rings. The molecule has 2 aromatic heterocycles. The third-order valence-electron chi connectivity index (χ3n) is 6.32. The maximum absolute atomic E-state index is 13.8. The van der Waals surface area contributed by atoms with Gasteiger partial charge in [-0.05, 0) is 63.3 Å². The summed E-state index contributed by atoms with van der Waals surface area (Å²) in [5.74, 6) is 1.40. The number of amides is 1. The lowest BCUT2D eigenvalue weighted by Gasteiger charge is -2.26. The summed E-state index contributed by atoms with van der Waals surface area (Å²) in [7, 11) is 1.67. The topological polar surface area (TPSA) is 60.2 Å². The largest absolute Gasteiger partial charge is 0.497 e. The number of likely N-dealkylation sites (tertiary alicyclic amines) is 1. The van der Waals surface area contributed by atoms with Crippen LogP contribution in [0.3, 0.4) is 0 Å². The highest BCUT2D eigenvalue weighted by Gasteiger charge is 2.34. The quantitative estimate of drug-likeness (QED) is 0.608. The molecule has 0 spiro atoms. The maximum atomic E-state index is 13.8. The van der Waals surface area contributed by atoms with Crippen molar-refractivity contribution in [3.05, 3.63) is 53.3 Å². The molecular weight excluding hydrogens is 376 g/mol. The van der Waals surface area contributed by atoms with E-state index in [0.717, 1.165) is 65.8 Å². The Morgan fingerprint density at radius 2 is 1.93 bits per heavy atom. The highest BCUT2D eigenvalue weighted by molar-refractivity contribution is 6.05. The number of pyridine rings is 1. The zero-order valence-corrected chi connectivity index (χ0v) is 17.8. The van der Waals surface area contributed by atoms with Crippen LogP contribution in [0.2, 0.25) is 0 Å². The number of hydrogen-bond acceptors (Lipinski definition) is 4. The van der Waals surface area contributed by atoms with Crippen molar-refractivity contribution in [3.63, 3.8) is 0 Å². The van der Waals surface area contributed by atoms with E-state index in [1.54, 1.807) is 7.11 Å². The van der Waals surface area contributed by atoms with Gasteiger partial charge in [0.1, 0.15) is 5.75 Å². The first-order chi connectivity index (χ1) is 14.6. The molecule has 2 fully saturated rings. The Balaban J connectivity index is 1.54. The normalized spacial score (nSPS) is 19.1. The molecule has 1 aromatic carbocycles. The fourth-order valence-electron chi connectivity index (χ4n) is 4.52. The van der Waals surface area contributed by atoms with Crippen LogP contribution in [0.5, 0.6) is 5.75 Å². The molecule has 0 radical (unpaired) electrons. The molecule has 0 bridgehead atoms. The molecule has 3 heterocycles. The van der Waals surface area contributed by atoms with Gasteiger partial charge < -0.3 is 9.64 Å². The van der Waals surface area contributed by atoms with E-state index in [1.165, 1.54) is 0 Å². The number of benzene rings is 1. The number of carbonyl (C=O) groups excluding carboxylic acids is 1. The molecule has 6 nitrogen and oxygen atoms in total. The van der Waals surface area contributed by atoms with Crippen LogP contribution in [0.4, 0.5) is 0 Å². The predicted octanol–water partition coefficient (Wildman–Crippen LogP) is 4.88. The zero-order chi connectivity index (χ0) is 20.8. The number of fused-ring (bicyclic) bond motifs is 1. The minimum Gasteiger partial charge on any atom is -0.497 e. The average molecular weight is 405 g/mol. The van der Waals surface area contributed by atoms with Crippen LogP contribution in [-0.4, -0.2) is 39.2 Å². The number of hydrogen-bond donors (Lipinski definition) is 0. The minimum absolute atomic E-state index is 0.0888. The first-order valence-corrected chi connectivity index (χ1v) is 10.9. The zero-order valence-electron chi connectivity index (χ0n) is 17.8. The predicted molar refractivity (Wildman–Crippen MR) is 116 cm³/mol. The van der Waals surface area contributed by atoms with Crippen LogP contribution in [0.1, 0.15) is 79.1 Å². The highest BCUT2D eigenvalue weighted by Crippen LogP contribution is 2.41. The molecule has 156 valence electrons. The van der Waals surface area contributed by atoms with Crippen molar-refractivity contribution in [1.82, 2.24) is 19.7 Å². The molecule has 1 saturated heterocycles. The Labute approximate surface area is 176 Å². The van der Waals surface area contributed by atoms with Crippen LogP contribution in [0.25, 0.3) is 11.0 Å². The second-order valence-corrected chi connectivity index (χ2v) is 8.72. The number of aromatic nitrogens is 3. The van der Waals surface area contributed by atoms with Crippen molar-refractivity contribution in [3.8, 4) is 5.75 Å². The molecule has 6 heteroatoms. The lowest BCUT2D eigenvalue weighted by Crippen LogP contribution is -2.31. The van der Waals surface area contributed by atoms with Crippen molar-refractivity contribution in [2.24, 2.45) is 0 Å². The number of nitrogens with zero attached hydrogens (tertiary/aromatic N) is 4. The van der Waals surface area contributed by atoms with Crippen LogP contribution in [0, 0.1) is 0 Å². The summed E-state index contributed by atoms with van der Waals surface area (Å²) >= 11 is 0. The number of methoxy groups -OCH3 is 1. The lowest BCUT2D eigenvalue weighted by molar-refractivity contribution is 0.0737. The van der Waals surface area contributed by atoms with E-state index in [1.807, 2.05) is 34.0 Å². The fraction of sp³-hybridized carbons (Fsp3) is 0.458. The monoisotopic (exact) mass is 404 g/mol. The molecule has 1 amide bonds. The molecule has 1 atom stereocenters. The highest BCUT2D eigenvalue weighted by atomic mass is 16.5. The van der Waals surface area contributed by atoms with Crippen molar-refractivity contribution in [1.29, 1.82) is 0 Å². The summed E-state index contributed by atoms with van der Waals surface area (Å²) in [5.41, 5.74) is 3.77. The standard InChI is InChI=1S/C24H28N4O2/c1-15(2)28-23-20(14-25-28)19(13-21(26-23)16-6-7-16)24(29)27-12-4-5-22(27)17-8-10-18(30-3)11-9-17/h8-11,13-16,22H,4-7,12H2,1-3H3. The molecule has 1 unspecified atom stereocenters. The van der Waals surface area contributed by atoms with Gasteiger partial charge in [-0.15, -0.1) is 0 Å². The summed E-state index contributed by atoms with van der Waals surface area (Å²) in [6, 6.07) is 10.4. The summed E-state index contributed by atoms with van der Waals surface area (Å²) in [4.78, 5) is 20.7. The molecular formula is C24H28N4O2. The first kappa shape index (κ1) is 19.1. The minimum atomic E-state index is 0.0888. The van der Waals surface area contributed by atoms with Crippen LogP contribution in [0.15, 0.2) is 36.5 Å². The van der Waals surface area contributed by atoms with Gasteiger partial charge in [0.2, 0.25) is 0 Å². The first-order valence-electron chi connectivity index (χ1n) is 10.9. The molecule has 2 aliphatic rings. The van der Waals surface area contributed by atoms with Crippen molar-refractivity contribution in [2.45, 2.75) is 57.5 Å². The SMILES string of the molecule is COc1ccc(C2CCCN2C(=O)c2cc(C3CC3)nc3c2cnn3C(C)C)cc1. The van der Waals surface area contributed by atoms with E-state index in [0.29, 0.717) is 5.92 Å². The van der Waals surface area contributed by atoms with Crippen LogP contribution in [-0.2, 0) is 0 Å². The van der Waals surface area contributed by atoms with Crippen LogP contribution < -0.4 is 4.74 Å². The van der Waals surface area contributed by atoms with E-state index < -0.39 is 0 Å². The van der Waals surface area contributed by atoms with E-state index in [9.17, 15) is 4.79 Å². The Bertz CT molecular complexity index is 1080. The molecule has 0 N–H and O–H groups in total. The van der Waals surface area contributed by atoms with Gasteiger partial charge in [-0.3, -0.25) is 4.79 Å². The number of ether oxygens (including phenoxy) is 1. The third kappa shape index (κ3) is 3.24. The van der Waals surface area contributed by atoms with Gasteiger partial charge >= 0.3 is 0 Å². The summed E-state index contributed by atoms with van der Waals surface area (Å²) in [6.07, 6.45) is 6.11. The van der Waals surface area contributed by atoms with Gasteiger partial charge in [0, 0.05) is 24.2 Å². The molecule has 1 aliphatic carbocycles. The lowest BCUT2D eigenvalue weighted by atomic mass is 10.0. The summed E-state index contributed by atoms with van der Waals surface area (Å²) in [5, 5.41) is 5.41. The second-order valence-electron chi connectivity index (χ2n) is 8.72. The van der Waals surface area contributed by atoms with Gasteiger partial charge in [-0.2, -0.15) is 5.10 Å².